The molecule has 608 valence electrons. The third-order valence-corrected chi connectivity index (χ3v) is 15.2. The summed E-state index contributed by atoms with van der Waals surface area (Å²) in [5.41, 5.74) is 1.62. The molecular weight excluding hydrogens is 1470 g/mol. The molecule has 9 amide bonds. The second-order valence-corrected chi connectivity index (χ2v) is 28.2. The average molecular weight is 1570 g/mol. The van der Waals surface area contributed by atoms with Gasteiger partial charge in [-0.3, -0.25) is 28.9 Å². The molecule has 1 saturated heterocycles. The Bertz CT molecular complexity index is 4180. The lowest BCUT2D eigenvalue weighted by molar-refractivity contribution is -0.157. The van der Waals surface area contributed by atoms with E-state index >= 15 is 0 Å². The Morgan fingerprint density at radius 1 is 0.451 bits per heavy atom. The number of anilines is 4. The zero-order valence-corrected chi connectivity index (χ0v) is 64.6. The number of likely N-dealkylation sites (tertiary alicyclic amines) is 1. The highest BCUT2D eigenvalue weighted by atomic mass is 16.6. The summed E-state index contributed by atoms with van der Waals surface area (Å²) in [5.74, 6) is -6.87. The van der Waals surface area contributed by atoms with E-state index in [1.165, 1.54) is 109 Å². The van der Waals surface area contributed by atoms with Crippen molar-refractivity contribution in [2.45, 2.75) is 181 Å². The smallest absolute Gasteiger partial charge is 0.411 e. The zero-order chi connectivity index (χ0) is 84.2. The number of alkyl carbamates (subject to hydrolysis) is 3. The fourth-order valence-corrected chi connectivity index (χ4v) is 9.66. The highest BCUT2D eigenvalue weighted by Crippen LogP contribution is 2.24. The number of unbranched alkanes of at least 4 members (excludes halogenated alkanes) is 1. The van der Waals surface area contributed by atoms with Crippen LogP contribution in [0.5, 0.6) is 0 Å². The molecular formula is C80H99N9O24. The second kappa shape index (κ2) is 45.3. The predicted octanol–water partition coefficient (Wildman–Crippen LogP) is 11.0. The van der Waals surface area contributed by atoms with Crippen molar-refractivity contribution in [2.75, 3.05) is 34.4 Å². The first-order chi connectivity index (χ1) is 53.1. The number of carbonyl (C=O) groups is 14. The normalized spacial score (nSPS) is 13.5. The Kier molecular flexibility index (Phi) is 37.0. The molecule has 0 radical (unpaired) electrons. The largest absolute Gasteiger partial charge is 0.478 e. The van der Waals surface area contributed by atoms with Gasteiger partial charge in [0, 0.05) is 48.6 Å². The number of amides is 9. The second-order valence-electron chi connectivity index (χ2n) is 28.2. The molecule has 113 heavy (non-hydrogen) atoms. The summed E-state index contributed by atoms with van der Waals surface area (Å²) >= 11 is 0. The minimum atomic E-state index is -1.07. The molecule has 33 heteroatoms. The van der Waals surface area contributed by atoms with Crippen molar-refractivity contribution in [2.24, 2.45) is 0 Å². The summed E-state index contributed by atoms with van der Waals surface area (Å²) < 4.78 is 26.0. The van der Waals surface area contributed by atoms with Crippen LogP contribution in [0.4, 0.5) is 41.9 Å². The Morgan fingerprint density at radius 2 is 0.867 bits per heavy atom. The van der Waals surface area contributed by atoms with Crippen LogP contribution in [0.2, 0.25) is 0 Å². The van der Waals surface area contributed by atoms with E-state index in [1.807, 2.05) is 60.7 Å². The summed E-state index contributed by atoms with van der Waals surface area (Å²) in [6.45, 7) is 19.2. The van der Waals surface area contributed by atoms with Gasteiger partial charge in [0.05, 0.1) is 34.9 Å². The van der Waals surface area contributed by atoms with Crippen LogP contribution in [0.15, 0.2) is 158 Å². The minimum absolute atomic E-state index is 0.00675. The fourth-order valence-electron chi connectivity index (χ4n) is 9.66. The Morgan fingerprint density at radius 3 is 1.29 bits per heavy atom. The number of nitrogens with zero attached hydrogens (tertiary/aromatic N) is 1. The maximum absolute atomic E-state index is 12.6. The number of carboxylic acids is 4. The van der Waals surface area contributed by atoms with Crippen LogP contribution in [0.1, 0.15) is 174 Å². The fraction of sp³-hybridized carbons (Fsp3) is 0.375. The van der Waals surface area contributed by atoms with Crippen molar-refractivity contribution < 1.29 is 116 Å². The molecule has 0 saturated carbocycles. The number of aliphatic hydroxyl groups is 1. The monoisotopic (exact) mass is 1570 g/mol. The molecule has 1 aliphatic rings. The topological polar surface area (TPSA) is 486 Å². The molecule has 0 aromatic heterocycles. The quantitative estimate of drug-likeness (QED) is 0.0123. The molecule has 0 bridgehead atoms. The number of ether oxygens (including phenoxy) is 5. The van der Waals surface area contributed by atoms with Gasteiger partial charge in [-0.1, -0.05) is 67.6 Å². The Hall–Kier alpha value is -12.9. The van der Waals surface area contributed by atoms with Gasteiger partial charge in [-0.25, -0.2) is 43.2 Å². The SMILES string of the molecule is CC(C)(C)OC(=O)N1CC(O)CC1C(=O)Nc1ccc(C(=O)O)cc1.CC(C)(C)OC(=O)NC(CCC(=O)Nc1ccc(C(=O)O)cc1)C(=O)OC(C)(C)C.CC(NC(=O)OCc1ccccc1)C(=O)Nc1ccc(C(=O)O)cc1.CCC(=O)NC(CCCCNC(=O)OCc1ccccc1)C(=O)Nc1ccc(C(=O)O)cc1. The number of β-amino-alcohol motifs (C(OH)–C–C–N with tert-alkyl or cyclic N) is 1. The highest BCUT2D eigenvalue weighted by molar-refractivity contribution is 6.00. The van der Waals surface area contributed by atoms with Crippen molar-refractivity contribution in [1.29, 1.82) is 0 Å². The van der Waals surface area contributed by atoms with Crippen molar-refractivity contribution >= 4 is 107 Å². The van der Waals surface area contributed by atoms with Crippen LogP contribution < -0.4 is 42.5 Å². The number of carboxylic acid groups (broad SMARTS) is 4. The third-order valence-electron chi connectivity index (χ3n) is 15.2. The molecule has 1 aliphatic heterocycles. The molecule has 7 rings (SSSR count). The average Bonchev–Trinajstić information content (AvgIpc) is 1.68. The minimum Gasteiger partial charge on any atom is -0.478 e. The van der Waals surface area contributed by atoms with E-state index in [2.05, 4.69) is 42.5 Å². The van der Waals surface area contributed by atoms with Crippen molar-refractivity contribution in [1.82, 2.24) is 26.2 Å². The van der Waals surface area contributed by atoms with Gasteiger partial charge in [0.2, 0.25) is 29.5 Å². The van der Waals surface area contributed by atoms with Crippen LogP contribution >= 0.6 is 0 Å². The Labute approximate surface area is 653 Å². The predicted molar refractivity (Wildman–Crippen MR) is 414 cm³/mol. The molecule has 0 spiro atoms. The first-order valence-corrected chi connectivity index (χ1v) is 35.7. The van der Waals surface area contributed by atoms with Crippen LogP contribution in [-0.2, 0) is 65.7 Å². The number of carbonyl (C=O) groups excluding carboxylic acids is 10. The number of aromatic carboxylic acids is 4. The lowest BCUT2D eigenvalue weighted by Crippen LogP contribution is -2.46. The maximum atomic E-state index is 12.6. The number of nitrogens with one attached hydrogen (secondary N) is 8. The zero-order valence-electron chi connectivity index (χ0n) is 64.6. The molecule has 0 aliphatic carbocycles. The van der Waals surface area contributed by atoms with Crippen molar-refractivity contribution in [3.63, 3.8) is 0 Å². The highest BCUT2D eigenvalue weighted by Gasteiger charge is 2.41. The van der Waals surface area contributed by atoms with Gasteiger partial charge in [0.15, 0.2) is 0 Å². The van der Waals surface area contributed by atoms with E-state index < -0.39 is 125 Å². The third kappa shape index (κ3) is 36.9. The van der Waals surface area contributed by atoms with Gasteiger partial charge >= 0.3 is 54.2 Å². The van der Waals surface area contributed by atoms with Crippen LogP contribution in [0, 0.1) is 0 Å². The number of hydrogen-bond donors (Lipinski definition) is 13. The molecule has 6 aromatic carbocycles. The lowest BCUT2D eigenvalue weighted by atomic mass is 10.1. The van der Waals surface area contributed by atoms with Crippen LogP contribution in [0.25, 0.3) is 0 Å². The van der Waals surface area contributed by atoms with E-state index in [0.717, 1.165) is 11.1 Å². The summed E-state index contributed by atoms with van der Waals surface area (Å²) in [4.78, 5) is 166. The molecule has 1 fully saturated rings. The van der Waals surface area contributed by atoms with E-state index in [4.69, 9.17) is 44.1 Å². The van der Waals surface area contributed by atoms with E-state index in [1.54, 1.807) is 69.2 Å². The lowest BCUT2D eigenvalue weighted by Gasteiger charge is -2.27. The first-order valence-electron chi connectivity index (χ1n) is 35.7. The van der Waals surface area contributed by atoms with Gasteiger partial charge in [-0.2, -0.15) is 0 Å². The van der Waals surface area contributed by atoms with Gasteiger partial charge in [0.25, 0.3) is 0 Å². The first kappa shape index (κ1) is 92.4. The number of hydrogen-bond acceptors (Lipinski definition) is 20. The van der Waals surface area contributed by atoms with E-state index in [9.17, 15) is 72.2 Å². The summed E-state index contributed by atoms with van der Waals surface area (Å²) in [5, 5.41) is 66.2. The maximum Gasteiger partial charge on any atom is 0.411 e. The standard InChI is InChI=1S/C24H29N3O6.C21H30N2O7.C18H18N2O5.C17H22N2O6/c1-2-21(28)27-20(22(29)26-19-13-11-18(12-14-19)23(30)31)10-6-7-15-25-24(32)33-16-17-8-4-3-5-9-17;1-20(2,3)29-18(27)15(23-19(28)30-21(4,5)6)11-12-16(24)22-14-9-7-13(8-10-14)17(25)26;1-12(19-18(24)25-11-13-5-3-2-4-6-13)16(21)20-15-9-7-14(8-10-15)17(22)23;1-17(2,3)25-16(24)19-9-12(20)8-13(19)14(21)18-11-6-4-10(5-7-11)15(22)23/h3-5,8-9,11-14,20H,2,6-7,10,15-16H2,1H3,(H,25,32)(H,26,29)(H,27,28)(H,30,31);7-10,15H,11-12H2,1-6H3,(H,22,24)(H,23,28)(H,25,26);2-10,12H,11H2,1H3,(H,19,24)(H,20,21)(H,22,23);4-7,12-13,20H,8-9H2,1-3H3,(H,18,21)(H,22,23). The van der Waals surface area contributed by atoms with Crippen LogP contribution in [-0.4, -0.2) is 174 Å². The molecule has 13 N–H and O–H groups in total. The summed E-state index contributed by atoms with van der Waals surface area (Å²) in [7, 11) is 0. The summed E-state index contributed by atoms with van der Waals surface area (Å²) in [6.07, 6.45) is -1.65. The summed E-state index contributed by atoms with van der Waals surface area (Å²) in [6, 6.07) is 37.8. The van der Waals surface area contributed by atoms with Crippen molar-refractivity contribution in [3.8, 4) is 0 Å². The number of aliphatic hydroxyl groups excluding tert-OH is 1. The Balaban J connectivity index is 0.000000320. The van der Waals surface area contributed by atoms with E-state index in [-0.39, 0.29) is 73.6 Å². The molecule has 1 heterocycles. The molecule has 5 atom stereocenters. The molecule has 5 unspecified atom stereocenters. The van der Waals surface area contributed by atoms with Gasteiger partial charge in [-0.05, 0) is 203 Å². The van der Waals surface area contributed by atoms with Crippen molar-refractivity contribution in [3.05, 3.63) is 191 Å². The van der Waals surface area contributed by atoms with Gasteiger partial charge in [0.1, 0.15) is 54.2 Å². The number of esters is 1. The molecule has 33 nitrogen and oxygen atoms in total. The van der Waals surface area contributed by atoms with Crippen LogP contribution in [0.3, 0.4) is 0 Å². The van der Waals surface area contributed by atoms with Gasteiger partial charge < -0.3 is 91.8 Å². The number of rotatable bonds is 28. The molecule has 6 aromatic rings. The number of benzene rings is 6. The van der Waals surface area contributed by atoms with E-state index in [0.29, 0.717) is 48.6 Å². The van der Waals surface area contributed by atoms with Gasteiger partial charge in [-0.15, -0.1) is 0 Å².